The van der Waals surface area contributed by atoms with E-state index in [1.54, 1.807) is 22.4 Å². The molecule has 0 aliphatic carbocycles. The van der Waals surface area contributed by atoms with Gasteiger partial charge in [0.2, 0.25) is 5.91 Å². The van der Waals surface area contributed by atoms with Crippen molar-refractivity contribution >= 4 is 40.6 Å². The number of nitrogens with zero attached hydrogens (tertiary/aromatic N) is 4. The molecule has 2 aromatic heterocycles. The minimum atomic E-state index is -0.476. The molecule has 3 aliphatic heterocycles. The third-order valence-corrected chi connectivity index (χ3v) is 8.99. The van der Waals surface area contributed by atoms with Crippen molar-refractivity contribution in [3.05, 3.63) is 34.4 Å². The number of piperazine rings is 1. The number of pyridine rings is 1. The third kappa shape index (κ3) is 5.73. The summed E-state index contributed by atoms with van der Waals surface area (Å²) in [5, 5.41) is 3.67. The van der Waals surface area contributed by atoms with E-state index in [9.17, 15) is 9.59 Å². The van der Waals surface area contributed by atoms with Gasteiger partial charge in [-0.2, -0.15) is 0 Å². The Morgan fingerprint density at radius 2 is 1.84 bits per heavy atom. The fourth-order valence-electron chi connectivity index (χ4n) is 5.52. The van der Waals surface area contributed by atoms with Gasteiger partial charge in [0.25, 0.3) is 0 Å². The molecule has 0 aromatic carbocycles. The van der Waals surface area contributed by atoms with Gasteiger partial charge in [-0.1, -0.05) is 11.6 Å². The van der Waals surface area contributed by atoms with Crippen LogP contribution in [0.5, 0.6) is 0 Å². The van der Waals surface area contributed by atoms with E-state index in [1.807, 2.05) is 27.0 Å². The predicted molar refractivity (Wildman–Crippen MR) is 147 cm³/mol. The molecular weight excluding hydrogens is 510 g/mol. The van der Waals surface area contributed by atoms with Crippen LogP contribution in [0.3, 0.4) is 0 Å². The maximum atomic E-state index is 12.4. The molecule has 5 heterocycles. The van der Waals surface area contributed by atoms with Crippen molar-refractivity contribution in [3.8, 4) is 10.4 Å². The van der Waals surface area contributed by atoms with Crippen LogP contribution >= 0.6 is 22.9 Å². The molecule has 10 heteroatoms. The van der Waals surface area contributed by atoms with Crippen LogP contribution in [0.15, 0.2) is 24.5 Å². The molecule has 0 bridgehead atoms. The number of anilines is 1. The smallest absolute Gasteiger partial charge is 0.410 e. The van der Waals surface area contributed by atoms with Crippen molar-refractivity contribution in [3.63, 3.8) is 0 Å². The van der Waals surface area contributed by atoms with E-state index < -0.39 is 5.60 Å². The first-order valence-electron chi connectivity index (χ1n) is 13.1. The maximum Gasteiger partial charge on any atom is 0.410 e. The minimum absolute atomic E-state index is 0.209. The molecule has 5 rings (SSSR count). The van der Waals surface area contributed by atoms with Gasteiger partial charge in [0.1, 0.15) is 5.60 Å². The highest BCUT2D eigenvalue weighted by Crippen LogP contribution is 2.44. The Hall–Kier alpha value is -2.36. The quantitative estimate of drug-likeness (QED) is 0.604. The van der Waals surface area contributed by atoms with Gasteiger partial charge in [0, 0.05) is 80.1 Å². The number of hydrogen-bond acceptors (Lipinski definition) is 7. The Kier molecular flexibility index (Phi) is 7.40. The summed E-state index contributed by atoms with van der Waals surface area (Å²) in [6, 6.07) is 4.34. The molecule has 8 nitrogen and oxygen atoms in total. The number of carbonyl (C=O) groups excluding carboxylic acids is 2. The van der Waals surface area contributed by atoms with Crippen molar-refractivity contribution in [2.75, 3.05) is 50.7 Å². The number of aromatic nitrogens is 1. The van der Waals surface area contributed by atoms with Crippen molar-refractivity contribution in [2.24, 2.45) is 5.41 Å². The number of rotatable bonds is 4. The van der Waals surface area contributed by atoms with E-state index >= 15 is 0 Å². The lowest BCUT2D eigenvalue weighted by atomic mass is 9.77. The van der Waals surface area contributed by atoms with Crippen molar-refractivity contribution in [2.45, 2.75) is 52.2 Å². The second-order valence-electron chi connectivity index (χ2n) is 11.3. The third-order valence-electron chi connectivity index (χ3n) is 7.61. The van der Waals surface area contributed by atoms with Gasteiger partial charge in [0.15, 0.2) is 0 Å². The van der Waals surface area contributed by atoms with Crippen LogP contribution in [0.25, 0.3) is 10.4 Å². The molecule has 0 saturated carbocycles. The van der Waals surface area contributed by atoms with Crippen molar-refractivity contribution in [1.82, 2.24) is 20.1 Å². The topological polar surface area (TPSA) is 78.0 Å². The van der Waals surface area contributed by atoms with Gasteiger partial charge in [-0.25, -0.2) is 4.79 Å². The fraction of sp³-hybridized carbons (Fsp3) is 0.593. The first kappa shape index (κ1) is 26.3. The zero-order valence-corrected chi connectivity index (χ0v) is 23.5. The maximum absolute atomic E-state index is 12.4. The van der Waals surface area contributed by atoms with Crippen LogP contribution in [0.2, 0.25) is 5.02 Å². The van der Waals surface area contributed by atoms with Gasteiger partial charge in [0.05, 0.1) is 16.1 Å². The van der Waals surface area contributed by atoms with E-state index in [0.717, 1.165) is 74.7 Å². The molecule has 3 fully saturated rings. The van der Waals surface area contributed by atoms with Crippen LogP contribution < -0.4 is 10.2 Å². The Morgan fingerprint density at radius 1 is 1.11 bits per heavy atom. The molecular formula is C27H36ClN5O3S. The van der Waals surface area contributed by atoms with Crippen molar-refractivity contribution in [1.29, 1.82) is 0 Å². The zero-order chi connectivity index (χ0) is 26.2. The van der Waals surface area contributed by atoms with E-state index in [2.05, 4.69) is 32.2 Å². The van der Waals surface area contributed by atoms with Gasteiger partial charge in [-0.15, -0.1) is 11.3 Å². The molecule has 1 N–H and O–H groups in total. The lowest BCUT2D eigenvalue weighted by molar-refractivity contribution is -0.128. The van der Waals surface area contributed by atoms with Gasteiger partial charge in [-0.05, 0) is 52.2 Å². The van der Waals surface area contributed by atoms with E-state index in [-0.39, 0.29) is 17.4 Å². The average molecular weight is 546 g/mol. The number of amides is 2. The molecule has 2 aromatic rings. The van der Waals surface area contributed by atoms with E-state index in [1.165, 1.54) is 4.88 Å². The molecule has 2 amide bonds. The number of thiophene rings is 1. The van der Waals surface area contributed by atoms with Gasteiger partial charge in [-0.3, -0.25) is 14.7 Å². The molecule has 0 radical (unpaired) electrons. The number of piperidine rings is 1. The predicted octanol–water partition coefficient (Wildman–Crippen LogP) is 4.62. The minimum Gasteiger partial charge on any atom is -0.444 e. The SMILES string of the molecule is CC(C)(C)OC(=O)N1CCN(Cc2ccc(-c3cncc(Cl)c3N3CCC4(CCNC4=O)CC3)s2)CC1. The monoisotopic (exact) mass is 545 g/mol. The summed E-state index contributed by atoms with van der Waals surface area (Å²) in [5.74, 6) is 0.211. The van der Waals surface area contributed by atoms with Gasteiger partial charge >= 0.3 is 6.09 Å². The van der Waals surface area contributed by atoms with Crippen LogP contribution in [0.1, 0.15) is 44.9 Å². The largest absolute Gasteiger partial charge is 0.444 e. The normalized spacial score (nSPS) is 20.4. The summed E-state index contributed by atoms with van der Waals surface area (Å²) in [6.07, 6.45) is 6.01. The van der Waals surface area contributed by atoms with Crippen molar-refractivity contribution < 1.29 is 14.3 Å². The number of ether oxygens (including phenoxy) is 1. The number of carbonyl (C=O) groups is 2. The second kappa shape index (κ2) is 10.4. The van der Waals surface area contributed by atoms with Crippen LogP contribution in [0.4, 0.5) is 10.5 Å². The summed E-state index contributed by atoms with van der Waals surface area (Å²) in [6.45, 7) is 11.9. The first-order valence-corrected chi connectivity index (χ1v) is 14.3. The lowest BCUT2D eigenvalue weighted by Gasteiger charge is -2.39. The van der Waals surface area contributed by atoms with Crippen LogP contribution in [-0.2, 0) is 16.1 Å². The summed E-state index contributed by atoms with van der Waals surface area (Å²) < 4.78 is 5.52. The molecule has 0 unspecified atom stereocenters. The highest BCUT2D eigenvalue weighted by atomic mass is 35.5. The summed E-state index contributed by atoms with van der Waals surface area (Å²) in [7, 11) is 0. The second-order valence-corrected chi connectivity index (χ2v) is 12.9. The van der Waals surface area contributed by atoms with E-state index in [4.69, 9.17) is 16.3 Å². The Balaban J connectivity index is 1.23. The number of hydrogen-bond donors (Lipinski definition) is 1. The van der Waals surface area contributed by atoms with Gasteiger partial charge < -0.3 is 19.9 Å². The molecule has 200 valence electrons. The average Bonchev–Trinajstić information content (AvgIpc) is 3.46. The molecule has 37 heavy (non-hydrogen) atoms. The summed E-state index contributed by atoms with van der Waals surface area (Å²) in [5.41, 5.74) is 1.38. The fourth-order valence-corrected chi connectivity index (χ4v) is 6.86. The Labute approximate surface area is 227 Å². The highest BCUT2D eigenvalue weighted by Gasteiger charge is 2.44. The first-order chi connectivity index (χ1) is 17.6. The zero-order valence-electron chi connectivity index (χ0n) is 21.9. The summed E-state index contributed by atoms with van der Waals surface area (Å²) in [4.78, 5) is 38.1. The molecule has 3 saturated heterocycles. The molecule has 1 spiro atoms. The highest BCUT2D eigenvalue weighted by molar-refractivity contribution is 7.15. The van der Waals surface area contributed by atoms with Crippen LogP contribution in [-0.4, -0.2) is 78.2 Å². The Morgan fingerprint density at radius 3 is 2.49 bits per heavy atom. The standard InChI is InChI=1S/C27H36ClN5O3S/c1-26(2,3)36-25(35)33-14-12-31(13-15-33)18-19-4-5-22(37-19)20-16-29-17-21(28)23(20)32-10-7-27(8-11-32)6-9-30-24(27)34/h4-5,16-17H,6-15,18H2,1-3H3,(H,30,34). The molecule has 3 aliphatic rings. The molecule has 0 atom stereocenters. The lowest BCUT2D eigenvalue weighted by Crippen LogP contribution is -2.49. The number of halogens is 1. The van der Waals surface area contributed by atoms with Crippen LogP contribution in [0, 0.1) is 5.41 Å². The van der Waals surface area contributed by atoms with E-state index in [0.29, 0.717) is 18.1 Å². The number of nitrogens with one attached hydrogen (secondary N) is 1. The summed E-state index contributed by atoms with van der Waals surface area (Å²) >= 11 is 8.47. The Bertz CT molecular complexity index is 1150.